The highest BCUT2D eigenvalue weighted by atomic mass is 16.3. The number of aliphatic hydroxyl groups excluding tert-OH is 1. The molecule has 1 saturated heterocycles. The standard InChI is InChI=1S/C32H35N5O2/c33-18-22-4-3-6-26(16-22)37-21-35-30-19-34-29(17-31(39)32(30)37)24-10-8-23(9-11-24)28-7-2-1-5-25(28)20-36-14-12-27(38)13-15-36/h1-11,16,21,27,29,34,38H,12-15,17-20,33H2. The van der Waals surface area contributed by atoms with E-state index in [2.05, 4.69) is 63.7 Å². The molecule has 0 saturated carbocycles. The van der Waals surface area contributed by atoms with E-state index in [1.165, 1.54) is 16.7 Å². The van der Waals surface area contributed by atoms with Crippen molar-refractivity contribution in [3.05, 3.63) is 107 Å². The largest absolute Gasteiger partial charge is 0.393 e. The Morgan fingerprint density at radius 2 is 1.79 bits per heavy atom. The molecule has 0 bridgehead atoms. The van der Waals surface area contributed by atoms with Crippen LogP contribution in [0.2, 0.25) is 0 Å². The van der Waals surface area contributed by atoms with E-state index in [0.717, 1.165) is 55.0 Å². The molecule has 2 aliphatic heterocycles. The predicted octanol–water partition coefficient (Wildman–Crippen LogP) is 4.37. The van der Waals surface area contributed by atoms with Crippen molar-refractivity contribution in [2.45, 2.75) is 51.0 Å². The van der Waals surface area contributed by atoms with E-state index in [1.54, 1.807) is 6.33 Å². The van der Waals surface area contributed by atoms with Crippen molar-refractivity contribution in [3.8, 4) is 16.8 Å². The summed E-state index contributed by atoms with van der Waals surface area (Å²) in [5.41, 5.74) is 14.0. The highest BCUT2D eigenvalue weighted by molar-refractivity contribution is 5.97. The Morgan fingerprint density at radius 1 is 1.00 bits per heavy atom. The summed E-state index contributed by atoms with van der Waals surface area (Å²) in [6.07, 6.45) is 3.61. The third-order valence-electron chi connectivity index (χ3n) is 8.03. The molecule has 1 atom stereocenters. The van der Waals surface area contributed by atoms with E-state index >= 15 is 0 Å². The molecule has 2 aliphatic rings. The zero-order chi connectivity index (χ0) is 26.8. The van der Waals surface area contributed by atoms with Crippen LogP contribution >= 0.6 is 0 Å². The van der Waals surface area contributed by atoms with E-state index in [-0.39, 0.29) is 17.9 Å². The Kier molecular flexibility index (Phi) is 7.39. The Labute approximate surface area is 229 Å². The molecule has 4 aromatic rings. The van der Waals surface area contributed by atoms with Gasteiger partial charge in [-0.3, -0.25) is 14.3 Å². The van der Waals surface area contributed by atoms with Crippen molar-refractivity contribution in [1.82, 2.24) is 19.8 Å². The lowest BCUT2D eigenvalue weighted by molar-refractivity contribution is 0.0793. The van der Waals surface area contributed by atoms with E-state index < -0.39 is 0 Å². The first-order valence-electron chi connectivity index (χ1n) is 13.8. The molecule has 3 aromatic carbocycles. The number of nitrogens with zero attached hydrogens (tertiary/aromatic N) is 3. The maximum atomic E-state index is 13.5. The molecular formula is C32H35N5O2. The molecular weight excluding hydrogens is 486 g/mol. The second kappa shape index (κ2) is 11.2. The van der Waals surface area contributed by atoms with Gasteiger partial charge in [0.15, 0.2) is 5.78 Å². The zero-order valence-corrected chi connectivity index (χ0v) is 22.1. The Bertz CT molecular complexity index is 1450. The van der Waals surface area contributed by atoms with Crippen LogP contribution in [0.15, 0.2) is 79.1 Å². The Hall–Kier alpha value is -3.62. The number of carbonyl (C=O) groups excluding carboxylic acids is 1. The lowest BCUT2D eigenvalue weighted by Gasteiger charge is -2.30. The summed E-state index contributed by atoms with van der Waals surface area (Å²) in [5, 5.41) is 13.4. The van der Waals surface area contributed by atoms with Gasteiger partial charge < -0.3 is 16.2 Å². The summed E-state index contributed by atoms with van der Waals surface area (Å²) in [6, 6.07) is 25.0. The number of fused-ring (bicyclic) bond motifs is 1. The second-order valence-corrected chi connectivity index (χ2v) is 10.6. The fraction of sp³-hybridized carbons (Fsp3) is 0.312. The fourth-order valence-corrected chi connectivity index (χ4v) is 5.80. The van der Waals surface area contributed by atoms with Crippen molar-refractivity contribution in [2.24, 2.45) is 5.73 Å². The van der Waals surface area contributed by atoms with E-state index in [9.17, 15) is 9.90 Å². The minimum atomic E-state index is -0.165. The summed E-state index contributed by atoms with van der Waals surface area (Å²) in [5.74, 6) is 0.0803. The number of aromatic nitrogens is 2. The average molecular weight is 522 g/mol. The normalized spacial score (nSPS) is 18.6. The van der Waals surface area contributed by atoms with Crippen molar-refractivity contribution in [3.63, 3.8) is 0 Å². The van der Waals surface area contributed by atoms with Gasteiger partial charge in [0.1, 0.15) is 12.0 Å². The van der Waals surface area contributed by atoms with Crippen molar-refractivity contribution < 1.29 is 9.90 Å². The number of benzene rings is 3. The summed E-state index contributed by atoms with van der Waals surface area (Å²) in [7, 11) is 0. The van der Waals surface area contributed by atoms with Gasteiger partial charge in [-0.1, -0.05) is 60.7 Å². The van der Waals surface area contributed by atoms with Gasteiger partial charge >= 0.3 is 0 Å². The number of hydrogen-bond donors (Lipinski definition) is 3. The topological polar surface area (TPSA) is 96.4 Å². The molecule has 7 nitrogen and oxygen atoms in total. The van der Waals surface area contributed by atoms with Gasteiger partial charge in [0.2, 0.25) is 0 Å². The number of nitrogens with two attached hydrogens (primary N) is 1. The molecule has 1 aromatic heterocycles. The molecule has 39 heavy (non-hydrogen) atoms. The van der Waals surface area contributed by atoms with Crippen LogP contribution in [-0.4, -0.2) is 44.5 Å². The second-order valence-electron chi connectivity index (χ2n) is 10.6. The molecule has 7 heteroatoms. The number of likely N-dealkylation sites (tertiary alicyclic amines) is 1. The van der Waals surface area contributed by atoms with Gasteiger partial charge in [0.05, 0.1) is 11.8 Å². The quantitative estimate of drug-likeness (QED) is 0.349. The number of hydrogen-bond acceptors (Lipinski definition) is 6. The number of nitrogens with one attached hydrogen (secondary N) is 1. The monoisotopic (exact) mass is 521 g/mol. The number of piperidine rings is 1. The molecule has 6 rings (SSSR count). The molecule has 0 radical (unpaired) electrons. The zero-order valence-electron chi connectivity index (χ0n) is 22.1. The molecule has 0 amide bonds. The van der Waals surface area contributed by atoms with Crippen LogP contribution in [-0.2, 0) is 19.6 Å². The van der Waals surface area contributed by atoms with Crippen LogP contribution in [0.3, 0.4) is 0 Å². The van der Waals surface area contributed by atoms with Crippen LogP contribution in [0.1, 0.15) is 58.2 Å². The van der Waals surface area contributed by atoms with E-state index in [1.807, 2.05) is 28.8 Å². The number of ketones is 1. The van der Waals surface area contributed by atoms with Crippen molar-refractivity contribution in [2.75, 3.05) is 13.1 Å². The van der Waals surface area contributed by atoms with Crippen molar-refractivity contribution in [1.29, 1.82) is 0 Å². The van der Waals surface area contributed by atoms with Gasteiger partial charge in [-0.05, 0) is 52.8 Å². The SMILES string of the molecule is NCc1cccc(-n2cnc3c2C(=O)CC(c2ccc(-c4ccccc4CN4CCC(O)CC4)cc2)NC3)c1. The summed E-state index contributed by atoms with van der Waals surface area (Å²) in [4.78, 5) is 20.5. The number of Topliss-reactive ketones (excluding diaryl/α,β-unsaturated/α-hetero) is 1. The van der Waals surface area contributed by atoms with E-state index in [4.69, 9.17) is 5.73 Å². The maximum absolute atomic E-state index is 13.5. The third kappa shape index (κ3) is 5.44. The van der Waals surface area contributed by atoms with Gasteiger partial charge in [-0.15, -0.1) is 0 Å². The van der Waals surface area contributed by atoms with Crippen LogP contribution in [0.25, 0.3) is 16.8 Å². The van der Waals surface area contributed by atoms with Crippen LogP contribution < -0.4 is 11.1 Å². The van der Waals surface area contributed by atoms with Crippen LogP contribution in [0.5, 0.6) is 0 Å². The van der Waals surface area contributed by atoms with Crippen LogP contribution in [0, 0.1) is 0 Å². The number of carbonyl (C=O) groups is 1. The van der Waals surface area contributed by atoms with Gasteiger partial charge in [-0.2, -0.15) is 0 Å². The average Bonchev–Trinajstić information content (AvgIpc) is 3.34. The highest BCUT2D eigenvalue weighted by Crippen LogP contribution is 2.30. The molecule has 3 heterocycles. The van der Waals surface area contributed by atoms with E-state index in [0.29, 0.717) is 25.2 Å². The first-order chi connectivity index (χ1) is 19.1. The predicted molar refractivity (Wildman–Crippen MR) is 152 cm³/mol. The number of aliphatic hydroxyl groups is 1. The molecule has 0 spiro atoms. The smallest absolute Gasteiger partial charge is 0.183 e. The Morgan fingerprint density at radius 3 is 2.59 bits per heavy atom. The fourth-order valence-electron chi connectivity index (χ4n) is 5.80. The van der Waals surface area contributed by atoms with Crippen molar-refractivity contribution >= 4 is 5.78 Å². The lowest BCUT2D eigenvalue weighted by atomic mass is 9.95. The van der Waals surface area contributed by atoms with Gasteiger partial charge in [0, 0.05) is 50.9 Å². The lowest BCUT2D eigenvalue weighted by Crippen LogP contribution is -2.35. The number of imidazole rings is 1. The van der Waals surface area contributed by atoms with Crippen LogP contribution in [0.4, 0.5) is 0 Å². The summed E-state index contributed by atoms with van der Waals surface area (Å²) >= 11 is 0. The molecule has 200 valence electrons. The molecule has 1 fully saturated rings. The molecule has 0 aliphatic carbocycles. The third-order valence-corrected chi connectivity index (χ3v) is 8.03. The minimum absolute atomic E-state index is 0.0803. The maximum Gasteiger partial charge on any atom is 0.183 e. The number of rotatable bonds is 6. The van der Waals surface area contributed by atoms with Gasteiger partial charge in [-0.25, -0.2) is 4.98 Å². The summed E-state index contributed by atoms with van der Waals surface area (Å²) in [6.45, 7) is 3.71. The first-order valence-corrected chi connectivity index (χ1v) is 13.8. The minimum Gasteiger partial charge on any atom is -0.393 e. The molecule has 1 unspecified atom stereocenters. The highest BCUT2D eigenvalue weighted by Gasteiger charge is 2.28. The van der Waals surface area contributed by atoms with Gasteiger partial charge in [0.25, 0.3) is 0 Å². The molecule has 4 N–H and O–H groups in total. The Balaban J connectivity index is 1.19. The summed E-state index contributed by atoms with van der Waals surface area (Å²) < 4.78 is 1.89. The first kappa shape index (κ1) is 25.6.